The zero-order valence-electron chi connectivity index (χ0n) is 10.6. The lowest BCUT2D eigenvalue weighted by molar-refractivity contribution is -0.130. The van der Waals surface area contributed by atoms with E-state index in [2.05, 4.69) is 5.32 Å². The van der Waals surface area contributed by atoms with Gasteiger partial charge in [-0.25, -0.2) is 4.39 Å². The Balaban J connectivity index is 1.86. The van der Waals surface area contributed by atoms with Crippen molar-refractivity contribution in [1.82, 2.24) is 5.32 Å². The zero-order valence-corrected chi connectivity index (χ0v) is 11.4. The Kier molecular flexibility index (Phi) is 4.14. The third kappa shape index (κ3) is 2.92. The normalized spacial score (nSPS) is 16.5. The fourth-order valence-electron chi connectivity index (χ4n) is 2.30. The Hall–Kier alpha value is -1.49. The number of thiocarbonyl (C=S) groups is 1. The summed E-state index contributed by atoms with van der Waals surface area (Å²) in [5.74, 6) is -0.356. The molecule has 102 valence electrons. The molecule has 0 spiro atoms. The maximum Gasteiger partial charge on any atom is 0.233 e. The van der Waals surface area contributed by atoms with Crippen LogP contribution in [0.5, 0.6) is 0 Å². The van der Waals surface area contributed by atoms with Gasteiger partial charge < -0.3 is 11.1 Å². The summed E-state index contributed by atoms with van der Waals surface area (Å²) < 4.78 is 13.0. The Morgan fingerprint density at radius 1 is 1.47 bits per heavy atom. The first-order valence-corrected chi connectivity index (χ1v) is 6.78. The quantitative estimate of drug-likeness (QED) is 0.810. The predicted molar refractivity (Wildman–Crippen MR) is 76.2 cm³/mol. The molecule has 1 aliphatic rings. The molecule has 2 rings (SSSR count). The molecule has 0 atom stereocenters. The van der Waals surface area contributed by atoms with Crippen LogP contribution in [-0.2, 0) is 11.2 Å². The molecule has 0 heterocycles. The van der Waals surface area contributed by atoms with E-state index in [0.29, 0.717) is 13.0 Å². The molecular weight excluding hydrogens is 263 g/mol. The molecule has 1 saturated carbocycles. The Morgan fingerprint density at radius 3 is 2.74 bits per heavy atom. The number of amides is 1. The van der Waals surface area contributed by atoms with Gasteiger partial charge in [0.05, 0.1) is 10.4 Å². The largest absolute Gasteiger partial charge is 0.392 e. The molecule has 1 fully saturated rings. The van der Waals surface area contributed by atoms with E-state index >= 15 is 0 Å². The second-order valence-electron chi connectivity index (χ2n) is 4.94. The summed E-state index contributed by atoms with van der Waals surface area (Å²) >= 11 is 4.99. The lowest BCUT2D eigenvalue weighted by Crippen LogP contribution is -2.53. The molecule has 0 saturated heterocycles. The third-order valence-corrected chi connectivity index (χ3v) is 4.09. The average molecular weight is 280 g/mol. The van der Waals surface area contributed by atoms with Gasteiger partial charge in [-0.05, 0) is 37.0 Å². The van der Waals surface area contributed by atoms with Crippen LogP contribution in [-0.4, -0.2) is 17.4 Å². The van der Waals surface area contributed by atoms with Crippen molar-refractivity contribution >= 4 is 23.1 Å². The molecule has 19 heavy (non-hydrogen) atoms. The van der Waals surface area contributed by atoms with E-state index in [1.165, 1.54) is 12.1 Å². The van der Waals surface area contributed by atoms with Crippen LogP contribution >= 0.6 is 12.2 Å². The summed E-state index contributed by atoms with van der Waals surface area (Å²) in [5.41, 5.74) is 5.88. The molecule has 1 amide bonds. The number of hydrogen-bond acceptors (Lipinski definition) is 2. The number of benzene rings is 1. The second kappa shape index (κ2) is 5.65. The van der Waals surface area contributed by atoms with Crippen molar-refractivity contribution in [3.05, 3.63) is 35.6 Å². The number of halogens is 1. The topological polar surface area (TPSA) is 55.1 Å². The Bertz CT molecular complexity index is 500. The van der Waals surface area contributed by atoms with E-state index in [0.717, 1.165) is 24.8 Å². The van der Waals surface area contributed by atoms with Crippen LogP contribution in [0, 0.1) is 11.2 Å². The highest BCUT2D eigenvalue weighted by Gasteiger charge is 2.46. The number of carbonyl (C=O) groups is 1. The third-order valence-electron chi connectivity index (χ3n) is 3.70. The molecule has 3 nitrogen and oxygen atoms in total. The van der Waals surface area contributed by atoms with Gasteiger partial charge >= 0.3 is 0 Å². The molecule has 0 bridgehead atoms. The number of rotatable bonds is 5. The van der Waals surface area contributed by atoms with E-state index in [-0.39, 0.29) is 16.7 Å². The van der Waals surface area contributed by atoms with Gasteiger partial charge in [0.2, 0.25) is 5.91 Å². The lowest BCUT2D eigenvalue weighted by atomic mass is 9.68. The number of nitrogens with two attached hydrogens (primary N) is 1. The van der Waals surface area contributed by atoms with Crippen molar-refractivity contribution in [2.24, 2.45) is 11.1 Å². The van der Waals surface area contributed by atoms with Gasteiger partial charge in [-0.1, -0.05) is 30.8 Å². The highest BCUT2D eigenvalue weighted by atomic mass is 32.1. The fourth-order valence-corrected chi connectivity index (χ4v) is 2.59. The minimum absolute atomic E-state index is 0.0948. The van der Waals surface area contributed by atoms with E-state index in [4.69, 9.17) is 18.0 Å². The summed E-state index contributed by atoms with van der Waals surface area (Å²) in [4.78, 5) is 12.4. The highest BCUT2D eigenvalue weighted by molar-refractivity contribution is 7.80. The van der Waals surface area contributed by atoms with Crippen LogP contribution in [0.25, 0.3) is 0 Å². The van der Waals surface area contributed by atoms with Gasteiger partial charge in [-0.2, -0.15) is 0 Å². The van der Waals surface area contributed by atoms with Crippen LogP contribution in [0.4, 0.5) is 4.39 Å². The van der Waals surface area contributed by atoms with Crippen molar-refractivity contribution in [3.8, 4) is 0 Å². The Labute approximate surface area is 117 Å². The minimum Gasteiger partial charge on any atom is -0.392 e. The van der Waals surface area contributed by atoms with Crippen molar-refractivity contribution in [2.75, 3.05) is 6.54 Å². The van der Waals surface area contributed by atoms with Crippen molar-refractivity contribution in [1.29, 1.82) is 0 Å². The molecule has 1 aromatic carbocycles. The maximum atomic E-state index is 13.0. The maximum absolute atomic E-state index is 13.0. The average Bonchev–Trinajstić information content (AvgIpc) is 2.26. The Morgan fingerprint density at radius 2 is 2.21 bits per heavy atom. The smallest absolute Gasteiger partial charge is 0.233 e. The summed E-state index contributed by atoms with van der Waals surface area (Å²) in [6.07, 6.45) is 3.04. The van der Waals surface area contributed by atoms with Gasteiger partial charge in [0, 0.05) is 6.54 Å². The van der Waals surface area contributed by atoms with E-state index in [1.807, 2.05) is 6.07 Å². The molecule has 3 N–H and O–H groups in total. The van der Waals surface area contributed by atoms with Gasteiger partial charge in [0.15, 0.2) is 0 Å². The van der Waals surface area contributed by atoms with Crippen LogP contribution in [0.3, 0.4) is 0 Å². The SMILES string of the molecule is NC(=S)C1(C(=O)NCCc2cccc(F)c2)CCC1. The van der Waals surface area contributed by atoms with Crippen molar-refractivity contribution in [2.45, 2.75) is 25.7 Å². The molecule has 5 heteroatoms. The van der Waals surface area contributed by atoms with Crippen LogP contribution in [0.2, 0.25) is 0 Å². The lowest BCUT2D eigenvalue weighted by Gasteiger charge is -2.39. The number of carbonyl (C=O) groups excluding carboxylic acids is 1. The van der Waals surface area contributed by atoms with Gasteiger partial charge in [0.25, 0.3) is 0 Å². The van der Waals surface area contributed by atoms with E-state index in [9.17, 15) is 9.18 Å². The molecule has 0 unspecified atom stereocenters. The highest BCUT2D eigenvalue weighted by Crippen LogP contribution is 2.41. The predicted octanol–water partition coefficient (Wildman–Crippen LogP) is 1.94. The first kappa shape index (κ1) is 13.9. The fraction of sp³-hybridized carbons (Fsp3) is 0.429. The van der Waals surface area contributed by atoms with Crippen LogP contribution in [0.1, 0.15) is 24.8 Å². The first-order valence-electron chi connectivity index (χ1n) is 6.37. The molecule has 1 aliphatic carbocycles. The van der Waals surface area contributed by atoms with Crippen LogP contribution < -0.4 is 11.1 Å². The van der Waals surface area contributed by atoms with Gasteiger partial charge in [-0.15, -0.1) is 0 Å². The van der Waals surface area contributed by atoms with Crippen molar-refractivity contribution < 1.29 is 9.18 Å². The van der Waals surface area contributed by atoms with Crippen molar-refractivity contribution in [3.63, 3.8) is 0 Å². The molecule has 0 aliphatic heterocycles. The van der Waals surface area contributed by atoms with Gasteiger partial charge in [0.1, 0.15) is 5.82 Å². The standard InChI is InChI=1S/C14H17FN2OS/c15-11-4-1-3-10(9-11)5-8-17-13(18)14(12(16)19)6-2-7-14/h1,3-4,9H,2,5-8H2,(H2,16,19)(H,17,18). The summed E-state index contributed by atoms with van der Waals surface area (Å²) in [6, 6.07) is 6.37. The second-order valence-corrected chi connectivity index (χ2v) is 5.38. The van der Waals surface area contributed by atoms with E-state index < -0.39 is 5.41 Å². The van der Waals surface area contributed by atoms with Crippen LogP contribution in [0.15, 0.2) is 24.3 Å². The molecule has 0 radical (unpaired) electrons. The van der Waals surface area contributed by atoms with E-state index in [1.54, 1.807) is 6.07 Å². The molecule has 0 aromatic heterocycles. The summed E-state index contributed by atoms with van der Waals surface area (Å²) in [6.45, 7) is 0.465. The zero-order chi connectivity index (χ0) is 13.9. The first-order chi connectivity index (χ1) is 9.04. The number of nitrogens with one attached hydrogen (secondary N) is 1. The summed E-state index contributed by atoms with van der Waals surface area (Å²) in [5, 5.41) is 2.85. The summed E-state index contributed by atoms with van der Waals surface area (Å²) in [7, 11) is 0. The van der Waals surface area contributed by atoms with Gasteiger partial charge in [-0.3, -0.25) is 4.79 Å². The minimum atomic E-state index is -0.642. The molecule has 1 aromatic rings. The molecular formula is C14H17FN2OS. The number of hydrogen-bond donors (Lipinski definition) is 2. The monoisotopic (exact) mass is 280 g/mol.